The Balaban J connectivity index is 1.88. The van der Waals surface area contributed by atoms with E-state index in [0.717, 1.165) is 16.9 Å². The molecule has 0 aromatic heterocycles. The van der Waals surface area contributed by atoms with Gasteiger partial charge in [-0.3, -0.25) is 9.59 Å². The van der Waals surface area contributed by atoms with Gasteiger partial charge in [-0.1, -0.05) is 49.4 Å². The van der Waals surface area contributed by atoms with Gasteiger partial charge < -0.3 is 15.2 Å². The zero-order valence-electron chi connectivity index (χ0n) is 15.1. The third kappa shape index (κ3) is 5.92. The Bertz CT molecular complexity index is 730. The van der Waals surface area contributed by atoms with Crippen molar-refractivity contribution in [2.24, 2.45) is 5.92 Å². The highest BCUT2D eigenvalue weighted by molar-refractivity contribution is 5.78. The molecule has 2 rings (SSSR count). The zero-order valence-corrected chi connectivity index (χ0v) is 15.1. The van der Waals surface area contributed by atoms with Crippen LogP contribution in [0.2, 0.25) is 0 Å². The van der Waals surface area contributed by atoms with Crippen molar-refractivity contribution >= 4 is 11.9 Å². The maximum atomic E-state index is 12.2. The van der Waals surface area contributed by atoms with Crippen LogP contribution >= 0.6 is 0 Å². The highest BCUT2D eigenvalue weighted by Crippen LogP contribution is 2.23. The van der Waals surface area contributed by atoms with Gasteiger partial charge >= 0.3 is 5.97 Å². The summed E-state index contributed by atoms with van der Waals surface area (Å²) in [6.07, 6.45) is 0.687. The number of ether oxygens (including phenoxy) is 1. The number of carbonyl (C=O) groups excluding carboxylic acids is 1. The Kier molecular flexibility index (Phi) is 7.21. The van der Waals surface area contributed by atoms with Crippen LogP contribution in [0.1, 0.15) is 30.4 Å². The summed E-state index contributed by atoms with van der Waals surface area (Å²) in [7, 11) is 1.61. The van der Waals surface area contributed by atoms with Crippen molar-refractivity contribution in [3.63, 3.8) is 0 Å². The Labute approximate surface area is 154 Å². The highest BCUT2D eigenvalue weighted by Gasteiger charge is 2.20. The van der Waals surface area contributed by atoms with Gasteiger partial charge in [-0.05, 0) is 35.6 Å². The van der Waals surface area contributed by atoms with Gasteiger partial charge in [-0.2, -0.15) is 0 Å². The molecule has 0 aliphatic rings. The topological polar surface area (TPSA) is 75.6 Å². The number of hydrogen-bond acceptors (Lipinski definition) is 3. The lowest BCUT2D eigenvalue weighted by Crippen LogP contribution is -2.34. The highest BCUT2D eigenvalue weighted by atomic mass is 16.5. The van der Waals surface area contributed by atoms with Crippen molar-refractivity contribution in [2.45, 2.75) is 25.7 Å². The summed E-state index contributed by atoms with van der Waals surface area (Å²) in [5, 5.41) is 12.2. The molecule has 138 valence electrons. The van der Waals surface area contributed by atoms with E-state index in [1.807, 2.05) is 61.5 Å². The van der Waals surface area contributed by atoms with Gasteiger partial charge in [0.15, 0.2) is 0 Å². The molecule has 2 aromatic rings. The van der Waals surface area contributed by atoms with Crippen LogP contribution < -0.4 is 10.1 Å². The molecule has 0 aliphatic heterocycles. The van der Waals surface area contributed by atoms with E-state index in [-0.39, 0.29) is 18.4 Å². The molecule has 0 fully saturated rings. The van der Waals surface area contributed by atoms with Gasteiger partial charge in [0.05, 0.1) is 13.0 Å². The Morgan fingerprint density at radius 3 is 2.50 bits per heavy atom. The van der Waals surface area contributed by atoms with Crippen LogP contribution in [-0.2, 0) is 16.0 Å². The molecule has 0 radical (unpaired) electrons. The normalized spacial score (nSPS) is 12.8. The Hall–Kier alpha value is -2.82. The fourth-order valence-corrected chi connectivity index (χ4v) is 2.80. The Morgan fingerprint density at radius 2 is 1.85 bits per heavy atom. The molecular formula is C21H25NO4. The number of rotatable bonds is 9. The number of amides is 1. The number of carboxylic acid groups (broad SMARTS) is 1. The van der Waals surface area contributed by atoms with Crippen LogP contribution in [0.25, 0.3) is 0 Å². The minimum atomic E-state index is -0.907. The smallest absolute Gasteiger partial charge is 0.308 e. The van der Waals surface area contributed by atoms with Gasteiger partial charge in [0.1, 0.15) is 5.75 Å². The summed E-state index contributed by atoms with van der Waals surface area (Å²) in [4.78, 5) is 23.7. The number of hydrogen-bond donors (Lipinski definition) is 2. The molecule has 1 amide bonds. The average molecular weight is 355 g/mol. The van der Waals surface area contributed by atoms with E-state index in [1.54, 1.807) is 7.11 Å². The van der Waals surface area contributed by atoms with E-state index in [4.69, 9.17) is 4.74 Å². The van der Waals surface area contributed by atoms with E-state index in [0.29, 0.717) is 12.8 Å². The maximum absolute atomic E-state index is 12.2. The maximum Gasteiger partial charge on any atom is 0.308 e. The van der Waals surface area contributed by atoms with Gasteiger partial charge in [-0.25, -0.2) is 0 Å². The van der Waals surface area contributed by atoms with Gasteiger partial charge in [0.25, 0.3) is 0 Å². The fourth-order valence-electron chi connectivity index (χ4n) is 2.80. The van der Waals surface area contributed by atoms with Crippen LogP contribution in [0.3, 0.4) is 0 Å². The van der Waals surface area contributed by atoms with Gasteiger partial charge in [0.2, 0.25) is 5.91 Å². The summed E-state index contributed by atoms with van der Waals surface area (Å²) in [6.45, 7) is 2.08. The van der Waals surface area contributed by atoms with Crippen LogP contribution in [0.15, 0.2) is 54.6 Å². The lowest BCUT2D eigenvalue weighted by Gasteiger charge is -2.16. The zero-order chi connectivity index (χ0) is 18.9. The number of aliphatic carboxylic acids is 1. The lowest BCUT2D eigenvalue weighted by atomic mass is 9.96. The van der Waals surface area contributed by atoms with Crippen molar-refractivity contribution < 1.29 is 19.4 Å². The molecule has 2 aromatic carbocycles. The largest absolute Gasteiger partial charge is 0.497 e. The molecule has 26 heavy (non-hydrogen) atoms. The monoisotopic (exact) mass is 355 g/mol. The summed E-state index contributed by atoms with van der Waals surface area (Å²) in [5.41, 5.74) is 1.96. The van der Waals surface area contributed by atoms with Crippen molar-refractivity contribution in [3.05, 3.63) is 65.7 Å². The Morgan fingerprint density at radius 1 is 1.12 bits per heavy atom. The molecule has 2 unspecified atom stereocenters. The molecule has 0 aliphatic carbocycles. The predicted octanol–water partition coefficient (Wildman–Crippen LogP) is 3.25. The minimum Gasteiger partial charge on any atom is -0.497 e. The molecule has 0 saturated heterocycles. The second kappa shape index (κ2) is 9.61. The number of benzene rings is 2. The van der Waals surface area contributed by atoms with E-state index in [1.165, 1.54) is 0 Å². The fraction of sp³-hybridized carbons (Fsp3) is 0.333. The molecule has 0 saturated carbocycles. The summed E-state index contributed by atoms with van der Waals surface area (Å²) < 4.78 is 5.21. The summed E-state index contributed by atoms with van der Waals surface area (Å²) in [5.74, 6) is -0.936. The van der Waals surface area contributed by atoms with Gasteiger partial charge in [0, 0.05) is 13.0 Å². The molecule has 2 atom stereocenters. The van der Waals surface area contributed by atoms with Crippen molar-refractivity contribution in [1.29, 1.82) is 0 Å². The van der Waals surface area contributed by atoms with Crippen LogP contribution in [-0.4, -0.2) is 30.6 Å². The van der Waals surface area contributed by atoms with Crippen molar-refractivity contribution in [2.75, 3.05) is 13.7 Å². The first-order chi connectivity index (χ1) is 12.5. The second-order valence-electron chi connectivity index (χ2n) is 6.41. The number of carbonyl (C=O) groups is 2. The van der Waals surface area contributed by atoms with Crippen LogP contribution in [0, 0.1) is 5.92 Å². The molecule has 0 heterocycles. The molecule has 5 nitrogen and oxygen atoms in total. The summed E-state index contributed by atoms with van der Waals surface area (Å²) in [6, 6.07) is 17.0. The van der Waals surface area contributed by atoms with E-state index in [9.17, 15) is 14.7 Å². The second-order valence-corrected chi connectivity index (χ2v) is 6.41. The van der Waals surface area contributed by atoms with Crippen molar-refractivity contribution in [1.82, 2.24) is 5.32 Å². The molecule has 0 spiro atoms. The first kappa shape index (κ1) is 19.5. The summed E-state index contributed by atoms with van der Waals surface area (Å²) >= 11 is 0. The number of nitrogens with one attached hydrogen (secondary N) is 1. The first-order valence-electron chi connectivity index (χ1n) is 8.67. The van der Waals surface area contributed by atoms with E-state index < -0.39 is 11.9 Å². The number of carboxylic acids is 1. The predicted molar refractivity (Wildman–Crippen MR) is 100 cm³/mol. The molecule has 2 N–H and O–H groups in total. The van der Waals surface area contributed by atoms with Crippen molar-refractivity contribution in [3.8, 4) is 5.75 Å². The van der Waals surface area contributed by atoms with E-state index in [2.05, 4.69) is 5.32 Å². The average Bonchev–Trinajstić information content (AvgIpc) is 2.65. The molecule has 5 heteroatoms. The molecule has 0 bridgehead atoms. The standard InChI is InChI=1S/C21H25NO4/c1-15(17-9-6-10-19(13-17)26-2)11-20(23)22-14-18(21(24)25)12-16-7-4-3-5-8-16/h3-10,13,15,18H,11-12,14H2,1-2H3,(H,22,23)(H,24,25). The molecular weight excluding hydrogens is 330 g/mol. The third-order valence-corrected chi connectivity index (χ3v) is 4.37. The van der Waals surface area contributed by atoms with Crippen LogP contribution in [0.5, 0.6) is 5.75 Å². The quantitative estimate of drug-likeness (QED) is 0.724. The third-order valence-electron chi connectivity index (χ3n) is 4.37. The van der Waals surface area contributed by atoms with Crippen LogP contribution in [0.4, 0.5) is 0 Å². The number of methoxy groups -OCH3 is 1. The lowest BCUT2D eigenvalue weighted by molar-refractivity contribution is -0.141. The first-order valence-corrected chi connectivity index (χ1v) is 8.67. The van der Waals surface area contributed by atoms with E-state index >= 15 is 0 Å². The minimum absolute atomic E-state index is 0.0162. The van der Waals surface area contributed by atoms with Gasteiger partial charge in [-0.15, -0.1) is 0 Å². The SMILES string of the molecule is COc1cccc(C(C)CC(=O)NCC(Cc2ccccc2)C(=O)O)c1.